The quantitative estimate of drug-likeness (QED) is 0.517. The lowest BCUT2D eigenvalue weighted by molar-refractivity contribution is -0.149. The summed E-state index contributed by atoms with van der Waals surface area (Å²) in [6.45, 7) is 0.0327. The minimum atomic E-state index is -1.13. The molecule has 1 amide bonds. The van der Waals surface area contributed by atoms with E-state index in [0.717, 1.165) is 4.90 Å². The van der Waals surface area contributed by atoms with E-state index in [9.17, 15) is 14.7 Å². The second kappa shape index (κ2) is 5.24. The highest BCUT2D eigenvalue weighted by Gasteiger charge is 2.40. The molecule has 1 fully saturated rings. The minimum Gasteiger partial charge on any atom is -0.480 e. The summed E-state index contributed by atoms with van der Waals surface area (Å²) in [4.78, 5) is 23.7. The predicted molar refractivity (Wildman–Crippen MR) is 53.6 cm³/mol. The largest absolute Gasteiger partial charge is 0.480 e. The number of carbonyl (C=O) groups excluding carboxylic acids is 1. The van der Waals surface area contributed by atoms with Gasteiger partial charge in [0, 0.05) is 20.1 Å². The van der Waals surface area contributed by atoms with Crippen molar-refractivity contribution in [3.63, 3.8) is 0 Å². The lowest BCUT2D eigenvalue weighted by atomic mass is 10.2. The fourth-order valence-electron chi connectivity index (χ4n) is 1.76. The summed E-state index contributed by atoms with van der Waals surface area (Å²) in [6, 6.07) is -1.89. The summed E-state index contributed by atoms with van der Waals surface area (Å²) < 4.78 is 4.72. The molecule has 0 spiro atoms. The Kier molecular flexibility index (Phi) is 4.22. The number of methoxy groups -OCH3 is 1. The molecule has 92 valence electrons. The van der Waals surface area contributed by atoms with Gasteiger partial charge in [-0.2, -0.15) is 0 Å². The number of carboxylic acids is 1. The molecular weight excluding hydrogens is 216 g/mol. The van der Waals surface area contributed by atoms with Gasteiger partial charge in [0.2, 0.25) is 5.91 Å². The highest BCUT2D eigenvalue weighted by Crippen LogP contribution is 2.18. The summed E-state index contributed by atoms with van der Waals surface area (Å²) >= 11 is 0. The second-order valence-electron chi connectivity index (χ2n) is 3.80. The van der Waals surface area contributed by atoms with E-state index < -0.39 is 30.1 Å². The van der Waals surface area contributed by atoms with Crippen molar-refractivity contribution in [3.8, 4) is 0 Å². The number of likely N-dealkylation sites (tertiary alicyclic amines) is 1. The molecular formula is C9H16N2O5. The van der Waals surface area contributed by atoms with Crippen LogP contribution in [0.1, 0.15) is 6.42 Å². The molecule has 4 N–H and O–H groups in total. The maximum absolute atomic E-state index is 11.7. The van der Waals surface area contributed by atoms with Gasteiger partial charge in [-0.3, -0.25) is 4.79 Å². The molecule has 1 unspecified atom stereocenters. The summed E-state index contributed by atoms with van der Waals surface area (Å²) in [5.41, 5.74) is 5.52. The van der Waals surface area contributed by atoms with Crippen molar-refractivity contribution in [2.75, 3.05) is 20.3 Å². The lowest BCUT2D eigenvalue weighted by Gasteiger charge is -2.24. The van der Waals surface area contributed by atoms with E-state index in [1.807, 2.05) is 0 Å². The summed E-state index contributed by atoms with van der Waals surface area (Å²) in [7, 11) is 1.40. The summed E-state index contributed by atoms with van der Waals surface area (Å²) in [5, 5.41) is 18.2. The number of β-amino-alcohol motifs (C(OH)–C–C–N with tert-alkyl or cyclic N) is 1. The number of aliphatic carboxylic acids is 1. The smallest absolute Gasteiger partial charge is 0.326 e. The Bertz CT molecular complexity index is 283. The van der Waals surface area contributed by atoms with E-state index in [2.05, 4.69) is 0 Å². The molecule has 7 nitrogen and oxygen atoms in total. The zero-order chi connectivity index (χ0) is 12.3. The Morgan fingerprint density at radius 1 is 1.62 bits per heavy atom. The Morgan fingerprint density at radius 3 is 2.75 bits per heavy atom. The number of nitrogens with zero attached hydrogens (tertiary/aromatic N) is 1. The normalized spacial score (nSPS) is 26.8. The Balaban J connectivity index is 2.70. The highest BCUT2D eigenvalue weighted by atomic mass is 16.5. The molecule has 0 aromatic rings. The van der Waals surface area contributed by atoms with Crippen LogP contribution in [0.25, 0.3) is 0 Å². The monoisotopic (exact) mass is 232 g/mol. The molecule has 7 heteroatoms. The molecule has 0 radical (unpaired) electrons. The van der Waals surface area contributed by atoms with E-state index in [0.29, 0.717) is 0 Å². The van der Waals surface area contributed by atoms with Crippen LogP contribution >= 0.6 is 0 Å². The van der Waals surface area contributed by atoms with Gasteiger partial charge in [-0.1, -0.05) is 0 Å². The first-order chi connectivity index (χ1) is 7.47. The summed E-state index contributed by atoms with van der Waals surface area (Å²) in [6.07, 6.45) is -0.763. The van der Waals surface area contributed by atoms with Crippen LogP contribution in [0.15, 0.2) is 0 Å². The van der Waals surface area contributed by atoms with Crippen molar-refractivity contribution in [1.29, 1.82) is 0 Å². The van der Waals surface area contributed by atoms with Crippen molar-refractivity contribution < 1.29 is 24.5 Å². The zero-order valence-corrected chi connectivity index (χ0v) is 9.00. The van der Waals surface area contributed by atoms with Crippen LogP contribution in [0.5, 0.6) is 0 Å². The molecule has 1 saturated heterocycles. The number of carboxylic acid groups (broad SMARTS) is 1. The number of hydrogen-bond donors (Lipinski definition) is 3. The van der Waals surface area contributed by atoms with Crippen molar-refractivity contribution in [1.82, 2.24) is 4.90 Å². The number of aliphatic hydroxyl groups excluding tert-OH is 1. The Labute approximate surface area is 92.8 Å². The molecule has 1 aliphatic heterocycles. The van der Waals surface area contributed by atoms with Gasteiger partial charge in [-0.25, -0.2) is 4.79 Å². The Hall–Kier alpha value is -1.18. The maximum atomic E-state index is 11.7. The number of amides is 1. The second-order valence-corrected chi connectivity index (χ2v) is 3.80. The van der Waals surface area contributed by atoms with Gasteiger partial charge in [0.05, 0.1) is 12.7 Å². The van der Waals surface area contributed by atoms with Crippen LogP contribution < -0.4 is 5.73 Å². The fraction of sp³-hybridized carbons (Fsp3) is 0.778. The summed E-state index contributed by atoms with van der Waals surface area (Å²) in [5.74, 6) is -1.64. The van der Waals surface area contributed by atoms with Crippen molar-refractivity contribution in [2.45, 2.75) is 24.6 Å². The van der Waals surface area contributed by atoms with Crippen LogP contribution in [0.3, 0.4) is 0 Å². The third-order valence-electron chi connectivity index (χ3n) is 2.51. The van der Waals surface area contributed by atoms with E-state index in [4.69, 9.17) is 15.6 Å². The third kappa shape index (κ3) is 2.69. The molecule has 1 heterocycles. The van der Waals surface area contributed by atoms with Crippen LogP contribution in [0.2, 0.25) is 0 Å². The van der Waals surface area contributed by atoms with E-state index in [-0.39, 0.29) is 19.6 Å². The van der Waals surface area contributed by atoms with E-state index in [1.54, 1.807) is 0 Å². The predicted octanol–water partition coefficient (Wildman–Crippen LogP) is -1.99. The molecule has 0 bridgehead atoms. The van der Waals surface area contributed by atoms with Crippen LogP contribution in [0, 0.1) is 0 Å². The average Bonchev–Trinajstić information content (AvgIpc) is 2.59. The van der Waals surface area contributed by atoms with Gasteiger partial charge < -0.3 is 25.6 Å². The fourth-order valence-corrected chi connectivity index (χ4v) is 1.76. The van der Waals surface area contributed by atoms with Crippen molar-refractivity contribution >= 4 is 11.9 Å². The molecule has 0 aromatic carbocycles. The van der Waals surface area contributed by atoms with Gasteiger partial charge >= 0.3 is 5.97 Å². The van der Waals surface area contributed by atoms with Gasteiger partial charge in [-0.05, 0) is 0 Å². The maximum Gasteiger partial charge on any atom is 0.326 e. The molecule has 16 heavy (non-hydrogen) atoms. The van der Waals surface area contributed by atoms with Gasteiger partial charge in [-0.15, -0.1) is 0 Å². The molecule has 3 atom stereocenters. The molecule has 1 aliphatic rings. The highest BCUT2D eigenvalue weighted by molar-refractivity contribution is 5.87. The van der Waals surface area contributed by atoms with Gasteiger partial charge in [0.1, 0.15) is 12.1 Å². The number of aliphatic hydroxyl groups is 1. The first-order valence-electron chi connectivity index (χ1n) is 4.93. The average molecular weight is 232 g/mol. The molecule has 0 aromatic heterocycles. The SMILES string of the molecule is COCC(N)C(=O)N1C[C@H](O)C[C@@H]1C(=O)O. The van der Waals surface area contributed by atoms with Crippen molar-refractivity contribution in [2.24, 2.45) is 5.73 Å². The number of rotatable bonds is 4. The molecule has 1 rings (SSSR count). The van der Waals surface area contributed by atoms with E-state index in [1.165, 1.54) is 7.11 Å². The van der Waals surface area contributed by atoms with Gasteiger partial charge in [0.15, 0.2) is 0 Å². The van der Waals surface area contributed by atoms with Crippen LogP contribution in [-0.2, 0) is 14.3 Å². The van der Waals surface area contributed by atoms with Gasteiger partial charge in [0.25, 0.3) is 0 Å². The minimum absolute atomic E-state index is 0.00716. The standard InChI is InChI=1S/C9H16N2O5/c1-16-4-6(10)8(13)11-3-5(12)2-7(11)9(14)15/h5-7,12H,2-4,10H2,1H3,(H,14,15)/t5-,6?,7-/m1/s1. The zero-order valence-electron chi connectivity index (χ0n) is 9.00. The topological polar surface area (TPSA) is 113 Å². The van der Waals surface area contributed by atoms with Crippen LogP contribution in [0.4, 0.5) is 0 Å². The number of carbonyl (C=O) groups is 2. The number of hydrogen-bond acceptors (Lipinski definition) is 5. The first kappa shape index (κ1) is 12.9. The molecule has 0 saturated carbocycles. The number of nitrogens with two attached hydrogens (primary N) is 1. The lowest BCUT2D eigenvalue weighted by Crippen LogP contribution is -2.50. The van der Waals surface area contributed by atoms with Crippen LogP contribution in [-0.4, -0.2) is 65.4 Å². The Morgan fingerprint density at radius 2 is 2.25 bits per heavy atom. The third-order valence-corrected chi connectivity index (χ3v) is 2.51. The first-order valence-corrected chi connectivity index (χ1v) is 4.93. The molecule has 0 aliphatic carbocycles. The number of ether oxygens (including phenoxy) is 1. The van der Waals surface area contributed by atoms with E-state index >= 15 is 0 Å². The van der Waals surface area contributed by atoms with Crippen molar-refractivity contribution in [3.05, 3.63) is 0 Å².